The summed E-state index contributed by atoms with van der Waals surface area (Å²) < 4.78 is 0. The molecule has 0 bridgehead atoms. The van der Waals surface area contributed by atoms with Crippen LogP contribution in [0.2, 0.25) is 0 Å². The maximum absolute atomic E-state index is 11.8. The van der Waals surface area contributed by atoms with E-state index in [2.05, 4.69) is 10.5 Å². The van der Waals surface area contributed by atoms with Gasteiger partial charge in [-0.1, -0.05) is 11.2 Å². The summed E-state index contributed by atoms with van der Waals surface area (Å²) in [7, 11) is 3.82. The van der Waals surface area contributed by atoms with Gasteiger partial charge in [-0.2, -0.15) is 0 Å². The van der Waals surface area contributed by atoms with Crippen molar-refractivity contribution < 1.29 is 10.0 Å². The van der Waals surface area contributed by atoms with Gasteiger partial charge in [-0.15, -0.1) is 0 Å². The standard InChI is InChI=1S/C12H18N4O2/c1-16(2)10-5-3-4-9(8-10)12(17)14-7-6-11(13)15-18/h3-5,8,18H,6-7H2,1-2H3,(H2,13,15)(H,14,17). The molecule has 0 aromatic heterocycles. The Morgan fingerprint density at radius 1 is 1.50 bits per heavy atom. The second-order valence-electron chi connectivity index (χ2n) is 4.04. The third kappa shape index (κ3) is 3.97. The molecule has 0 aliphatic carbocycles. The monoisotopic (exact) mass is 250 g/mol. The Balaban J connectivity index is 2.59. The predicted octanol–water partition coefficient (Wildman–Crippen LogP) is 0.619. The fourth-order valence-electron chi connectivity index (χ4n) is 1.38. The van der Waals surface area contributed by atoms with Gasteiger partial charge in [-0.25, -0.2) is 0 Å². The normalized spacial score (nSPS) is 11.1. The minimum absolute atomic E-state index is 0.0948. The van der Waals surface area contributed by atoms with E-state index in [-0.39, 0.29) is 11.7 Å². The van der Waals surface area contributed by atoms with Gasteiger partial charge in [0.15, 0.2) is 0 Å². The lowest BCUT2D eigenvalue weighted by Crippen LogP contribution is -2.28. The molecule has 6 nitrogen and oxygen atoms in total. The van der Waals surface area contributed by atoms with Gasteiger partial charge in [0, 0.05) is 38.3 Å². The lowest BCUT2D eigenvalue weighted by molar-refractivity contribution is 0.0954. The highest BCUT2D eigenvalue weighted by molar-refractivity contribution is 5.95. The van der Waals surface area contributed by atoms with Crippen LogP contribution in [0.1, 0.15) is 16.8 Å². The predicted molar refractivity (Wildman–Crippen MR) is 71.1 cm³/mol. The number of amidine groups is 1. The molecule has 0 heterocycles. The minimum Gasteiger partial charge on any atom is -0.409 e. The van der Waals surface area contributed by atoms with Crippen molar-refractivity contribution in [1.29, 1.82) is 0 Å². The third-order valence-electron chi connectivity index (χ3n) is 2.42. The van der Waals surface area contributed by atoms with Crippen LogP contribution in [0.15, 0.2) is 29.4 Å². The molecule has 0 unspecified atom stereocenters. The lowest BCUT2D eigenvalue weighted by atomic mass is 10.2. The molecular formula is C12H18N4O2. The zero-order chi connectivity index (χ0) is 13.5. The van der Waals surface area contributed by atoms with Crippen molar-refractivity contribution in [2.24, 2.45) is 10.9 Å². The molecule has 6 heteroatoms. The summed E-state index contributed by atoms with van der Waals surface area (Å²) in [4.78, 5) is 13.7. The number of rotatable bonds is 5. The Labute approximate surface area is 106 Å². The molecule has 98 valence electrons. The van der Waals surface area contributed by atoms with Gasteiger partial charge in [0.25, 0.3) is 5.91 Å². The average Bonchev–Trinajstić information content (AvgIpc) is 2.38. The Bertz CT molecular complexity index is 443. The maximum Gasteiger partial charge on any atom is 0.251 e. The van der Waals surface area contributed by atoms with Crippen molar-refractivity contribution in [1.82, 2.24) is 5.32 Å². The Kier molecular flexibility index (Phi) is 4.98. The van der Waals surface area contributed by atoms with Crippen LogP contribution in [0.3, 0.4) is 0 Å². The van der Waals surface area contributed by atoms with Crippen LogP contribution in [0, 0.1) is 0 Å². The first-order chi connectivity index (χ1) is 8.54. The first-order valence-electron chi connectivity index (χ1n) is 5.56. The summed E-state index contributed by atoms with van der Waals surface area (Å²) in [6.45, 7) is 0.334. The van der Waals surface area contributed by atoms with Crippen LogP contribution in [-0.2, 0) is 0 Å². The fourth-order valence-corrected chi connectivity index (χ4v) is 1.38. The number of anilines is 1. The van der Waals surface area contributed by atoms with Crippen molar-refractivity contribution >= 4 is 17.4 Å². The molecule has 0 saturated carbocycles. The minimum atomic E-state index is -0.176. The van der Waals surface area contributed by atoms with Gasteiger partial charge in [-0.3, -0.25) is 4.79 Å². The first kappa shape index (κ1) is 13.8. The quantitative estimate of drug-likeness (QED) is 0.309. The molecule has 0 atom stereocenters. The van der Waals surface area contributed by atoms with Gasteiger partial charge < -0.3 is 21.2 Å². The zero-order valence-electron chi connectivity index (χ0n) is 10.6. The van der Waals surface area contributed by atoms with Crippen LogP contribution in [0.4, 0.5) is 5.69 Å². The number of oxime groups is 1. The molecule has 1 amide bonds. The molecule has 0 aliphatic heterocycles. The largest absolute Gasteiger partial charge is 0.409 e. The second-order valence-corrected chi connectivity index (χ2v) is 4.04. The van der Waals surface area contributed by atoms with Gasteiger partial charge in [0.05, 0.1) is 0 Å². The van der Waals surface area contributed by atoms with Crippen molar-refractivity contribution in [2.75, 3.05) is 25.5 Å². The summed E-state index contributed by atoms with van der Waals surface area (Å²) in [6.07, 6.45) is 0.315. The van der Waals surface area contributed by atoms with E-state index in [0.717, 1.165) is 5.69 Å². The molecule has 0 saturated heterocycles. The van der Waals surface area contributed by atoms with E-state index in [1.807, 2.05) is 31.1 Å². The number of nitrogens with zero attached hydrogens (tertiary/aromatic N) is 2. The van der Waals surface area contributed by atoms with E-state index in [0.29, 0.717) is 18.5 Å². The molecule has 1 aromatic carbocycles. The number of benzene rings is 1. The first-order valence-corrected chi connectivity index (χ1v) is 5.56. The number of hydrogen-bond acceptors (Lipinski definition) is 4. The van der Waals surface area contributed by atoms with E-state index >= 15 is 0 Å². The lowest BCUT2D eigenvalue weighted by Gasteiger charge is -2.13. The molecule has 0 aliphatic rings. The van der Waals surface area contributed by atoms with Crippen LogP contribution >= 0.6 is 0 Å². The molecule has 0 spiro atoms. The number of carbonyl (C=O) groups excluding carboxylic acids is 1. The highest BCUT2D eigenvalue weighted by Gasteiger charge is 2.06. The highest BCUT2D eigenvalue weighted by Crippen LogP contribution is 2.13. The van der Waals surface area contributed by atoms with E-state index < -0.39 is 0 Å². The van der Waals surface area contributed by atoms with E-state index in [1.54, 1.807) is 12.1 Å². The summed E-state index contributed by atoms with van der Waals surface area (Å²) in [6, 6.07) is 7.30. The summed E-state index contributed by atoms with van der Waals surface area (Å²) in [5.41, 5.74) is 6.85. The smallest absolute Gasteiger partial charge is 0.251 e. The number of hydrogen-bond donors (Lipinski definition) is 3. The van der Waals surface area contributed by atoms with Crippen molar-refractivity contribution in [3.63, 3.8) is 0 Å². The van der Waals surface area contributed by atoms with Crippen molar-refractivity contribution in [2.45, 2.75) is 6.42 Å². The Hall–Kier alpha value is -2.24. The molecule has 1 rings (SSSR count). The van der Waals surface area contributed by atoms with Crippen LogP contribution in [0.25, 0.3) is 0 Å². The van der Waals surface area contributed by atoms with E-state index in [9.17, 15) is 4.79 Å². The zero-order valence-corrected chi connectivity index (χ0v) is 10.6. The Morgan fingerprint density at radius 2 is 2.22 bits per heavy atom. The second kappa shape index (κ2) is 6.48. The van der Waals surface area contributed by atoms with E-state index in [4.69, 9.17) is 10.9 Å². The van der Waals surface area contributed by atoms with Gasteiger partial charge >= 0.3 is 0 Å². The molecule has 4 N–H and O–H groups in total. The fraction of sp³-hybridized carbons (Fsp3) is 0.333. The molecule has 18 heavy (non-hydrogen) atoms. The van der Waals surface area contributed by atoms with Crippen LogP contribution in [0.5, 0.6) is 0 Å². The van der Waals surface area contributed by atoms with Gasteiger partial charge in [0.1, 0.15) is 5.84 Å². The number of nitrogens with one attached hydrogen (secondary N) is 1. The SMILES string of the molecule is CN(C)c1cccc(C(=O)NCCC(N)=NO)c1. The van der Waals surface area contributed by atoms with Gasteiger partial charge in [0.2, 0.25) is 0 Å². The molecule has 0 radical (unpaired) electrons. The van der Waals surface area contributed by atoms with Gasteiger partial charge in [-0.05, 0) is 18.2 Å². The van der Waals surface area contributed by atoms with Crippen molar-refractivity contribution in [3.8, 4) is 0 Å². The third-order valence-corrected chi connectivity index (χ3v) is 2.42. The highest BCUT2D eigenvalue weighted by atomic mass is 16.4. The van der Waals surface area contributed by atoms with Crippen LogP contribution < -0.4 is 16.0 Å². The molecule has 1 aromatic rings. The Morgan fingerprint density at radius 3 is 2.83 bits per heavy atom. The number of amides is 1. The summed E-state index contributed by atoms with van der Waals surface area (Å²) >= 11 is 0. The van der Waals surface area contributed by atoms with E-state index in [1.165, 1.54) is 0 Å². The average molecular weight is 250 g/mol. The summed E-state index contributed by atoms with van der Waals surface area (Å²) in [5.74, 6) is -0.0817. The number of carbonyl (C=O) groups is 1. The maximum atomic E-state index is 11.8. The summed E-state index contributed by atoms with van der Waals surface area (Å²) in [5, 5.41) is 13.9. The molecular weight excluding hydrogens is 232 g/mol. The van der Waals surface area contributed by atoms with Crippen molar-refractivity contribution in [3.05, 3.63) is 29.8 Å². The molecule has 0 fully saturated rings. The number of nitrogens with two attached hydrogens (primary N) is 1. The van der Waals surface area contributed by atoms with Crippen LogP contribution in [-0.4, -0.2) is 37.6 Å². The topological polar surface area (TPSA) is 91.0 Å².